The van der Waals surface area contributed by atoms with Gasteiger partial charge in [-0.05, 0) is 37.7 Å². The Labute approximate surface area is 125 Å². The minimum atomic E-state index is 0.770. The summed E-state index contributed by atoms with van der Waals surface area (Å²) in [7, 11) is 0. The summed E-state index contributed by atoms with van der Waals surface area (Å²) in [5.41, 5.74) is 1.04. The number of aryl methyl sites for hydroxylation is 1. The minimum absolute atomic E-state index is 0.770. The van der Waals surface area contributed by atoms with Crippen LogP contribution in [0.4, 0.5) is 5.82 Å². The molecular formula is C14H14N4S2. The van der Waals surface area contributed by atoms with Crippen molar-refractivity contribution in [1.82, 2.24) is 15.0 Å². The van der Waals surface area contributed by atoms with Gasteiger partial charge < -0.3 is 5.32 Å². The molecule has 0 aliphatic carbocycles. The summed E-state index contributed by atoms with van der Waals surface area (Å²) in [5.74, 6) is 1.63. The minimum Gasteiger partial charge on any atom is -0.370 e. The molecule has 1 aromatic carbocycles. The van der Waals surface area contributed by atoms with E-state index in [0.717, 1.165) is 33.1 Å². The van der Waals surface area contributed by atoms with Crippen LogP contribution in [0.1, 0.15) is 12.7 Å². The fourth-order valence-electron chi connectivity index (χ4n) is 1.85. The molecule has 6 heteroatoms. The number of fused-ring (bicyclic) bond motifs is 1. The lowest BCUT2D eigenvalue weighted by atomic mass is 10.3. The van der Waals surface area contributed by atoms with E-state index in [2.05, 4.69) is 33.3 Å². The average Bonchev–Trinajstić information content (AvgIpc) is 2.80. The molecule has 3 aromatic rings. The zero-order valence-corrected chi connectivity index (χ0v) is 12.9. The fourth-order valence-corrected chi connectivity index (χ4v) is 3.91. The number of hydrogen-bond donors (Lipinski definition) is 1. The van der Waals surface area contributed by atoms with Gasteiger partial charge in [0.15, 0.2) is 4.34 Å². The maximum absolute atomic E-state index is 4.61. The second-order valence-corrected chi connectivity index (χ2v) is 6.52. The number of hydrogen-bond acceptors (Lipinski definition) is 6. The quantitative estimate of drug-likeness (QED) is 0.739. The molecule has 0 amide bonds. The first-order valence-electron chi connectivity index (χ1n) is 6.37. The standard InChI is InChI=1S/C14H14N4S2/c1-3-15-12-8-13(17-9(2)16-12)20-14-18-10-6-4-5-7-11(10)19-14/h4-8H,3H2,1-2H3,(H,15,16,17). The van der Waals surface area contributed by atoms with Gasteiger partial charge in [-0.1, -0.05) is 12.1 Å². The molecule has 3 rings (SSSR count). The van der Waals surface area contributed by atoms with Crippen LogP contribution in [0.25, 0.3) is 10.2 Å². The summed E-state index contributed by atoms with van der Waals surface area (Å²) in [6.07, 6.45) is 0. The number of nitrogens with zero attached hydrogens (tertiary/aromatic N) is 3. The first-order chi connectivity index (χ1) is 9.74. The molecule has 0 unspecified atom stereocenters. The van der Waals surface area contributed by atoms with Gasteiger partial charge in [0.05, 0.1) is 10.2 Å². The molecule has 20 heavy (non-hydrogen) atoms. The Morgan fingerprint density at radius 3 is 2.85 bits per heavy atom. The van der Waals surface area contributed by atoms with Crippen molar-refractivity contribution >= 4 is 39.1 Å². The second-order valence-electron chi connectivity index (χ2n) is 4.22. The van der Waals surface area contributed by atoms with E-state index in [0.29, 0.717) is 0 Å². The topological polar surface area (TPSA) is 50.7 Å². The van der Waals surface area contributed by atoms with E-state index in [1.165, 1.54) is 4.70 Å². The maximum Gasteiger partial charge on any atom is 0.157 e. The predicted octanol–water partition coefficient (Wildman–Crippen LogP) is 3.98. The van der Waals surface area contributed by atoms with Crippen LogP contribution in [0.3, 0.4) is 0 Å². The monoisotopic (exact) mass is 302 g/mol. The van der Waals surface area contributed by atoms with Crippen LogP contribution < -0.4 is 5.32 Å². The van der Waals surface area contributed by atoms with E-state index in [1.54, 1.807) is 23.1 Å². The summed E-state index contributed by atoms with van der Waals surface area (Å²) in [6, 6.07) is 10.1. The van der Waals surface area contributed by atoms with Crippen molar-refractivity contribution < 1.29 is 0 Å². The molecule has 2 heterocycles. The van der Waals surface area contributed by atoms with E-state index in [4.69, 9.17) is 0 Å². The van der Waals surface area contributed by atoms with Crippen molar-refractivity contribution in [2.75, 3.05) is 11.9 Å². The molecule has 1 N–H and O–H groups in total. The highest BCUT2D eigenvalue weighted by molar-refractivity contribution is 8.01. The number of para-hydroxylation sites is 1. The molecule has 0 aliphatic rings. The van der Waals surface area contributed by atoms with Crippen molar-refractivity contribution in [3.05, 3.63) is 36.2 Å². The van der Waals surface area contributed by atoms with Crippen LogP contribution in [0, 0.1) is 6.92 Å². The van der Waals surface area contributed by atoms with Crippen LogP contribution in [0.2, 0.25) is 0 Å². The van der Waals surface area contributed by atoms with Gasteiger partial charge in [-0.15, -0.1) is 11.3 Å². The predicted molar refractivity (Wildman–Crippen MR) is 84.7 cm³/mol. The molecule has 0 bridgehead atoms. The Kier molecular flexibility index (Phi) is 3.84. The number of rotatable bonds is 4. The SMILES string of the molecule is CCNc1cc(Sc2nc3ccccc3s2)nc(C)n1. The van der Waals surface area contributed by atoms with Gasteiger partial charge in [-0.2, -0.15) is 0 Å². The van der Waals surface area contributed by atoms with Gasteiger partial charge in [-0.3, -0.25) is 0 Å². The number of aromatic nitrogens is 3. The van der Waals surface area contributed by atoms with E-state index in [1.807, 2.05) is 31.2 Å². The Bertz CT molecular complexity index is 706. The third kappa shape index (κ3) is 2.91. The normalized spacial score (nSPS) is 10.9. The highest BCUT2D eigenvalue weighted by Crippen LogP contribution is 2.33. The van der Waals surface area contributed by atoms with Crippen molar-refractivity contribution in [3.63, 3.8) is 0 Å². The molecule has 0 spiro atoms. The first kappa shape index (κ1) is 13.3. The van der Waals surface area contributed by atoms with Crippen LogP contribution >= 0.6 is 23.1 Å². The number of benzene rings is 1. The summed E-state index contributed by atoms with van der Waals surface area (Å²) < 4.78 is 2.21. The van der Waals surface area contributed by atoms with Crippen molar-refractivity contribution in [1.29, 1.82) is 0 Å². The highest BCUT2D eigenvalue weighted by Gasteiger charge is 2.08. The number of anilines is 1. The molecule has 4 nitrogen and oxygen atoms in total. The molecule has 2 aromatic heterocycles. The first-order valence-corrected chi connectivity index (χ1v) is 8.01. The largest absolute Gasteiger partial charge is 0.370 e. The highest BCUT2D eigenvalue weighted by atomic mass is 32.2. The lowest BCUT2D eigenvalue weighted by Crippen LogP contribution is -2.01. The number of nitrogens with one attached hydrogen (secondary N) is 1. The van der Waals surface area contributed by atoms with Gasteiger partial charge >= 0.3 is 0 Å². The maximum atomic E-state index is 4.61. The zero-order valence-electron chi connectivity index (χ0n) is 11.3. The summed E-state index contributed by atoms with van der Waals surface area (Å²) in [5, 5.41) is 4.14. The van der Waals surface area contributed by atoms with Crippen molar-refractivity contribution in [3.8, 4) is 0 Å². The van der Waals surface area contributed by atoms with E-state index in [-0.39, 0.29) is 0 Å². The molecule has 102 valence electrons. The van der Waals surface area contributed by atoms with Crippen molar-refractivity contribution in [2.24, 2.45) is 0 Å². The Balaban J connectivity index is 1.90. The summed E-state index contributed by atoms with van der Waals surface area (Å²) in [6.45, 7) is 4.81. The summed E-state index contributed by atoms with van der Waals surface area (Å²) >= 11 is 3.27. The van der Waals surface area contributed by atoms with Gasteiger partial charge in [0.1, 0.15) is 16.7 Å². The second kappa shape index (κ2) is 5.76. The lowest BCUT2D eigenvalue weighted by molar-refractivity contribution is 0.960. The van der Waals surface area contributed by atoms with Gasteiger partial charge in [0.2, 0.25) is 0 Å². The Hall–Kier alpha value is -1.66. The van der Waals surface area contributed by atoms with Crippen LogP contribution in [0.15, 0.2) is 39.7 Å². The smallest absolute Gasteiger partial charge is 0.157 e. The van der Waals surface area contributed by atoms with Gasteiger partial charge in [0, 0.05) is 12.6 Å². The van der Waals surface area contributed by atoms with E-state index < -0.39 is 0 Å². The fraction of sp³-hybridized carbons (Fsp3) is 0.214. The summed E-state index contributed by atoms with van der Waals surface area (Å²) in [4.78, 5) is 13.4. The number of thiazole rings is 1. The molecule has 0 fully saturated rings. The molecule has 0 saturated carbocycles. The molecule has 0 atom stereocenters. The average molecular weight is 302 g/mol. The van der Waals surface area contributed by atoms with Crippen LogP contribution in [0.5, 0.6) is 0 Å². The zero-order chi connectivity index (χ0) is 13.9. The van der Waals surface area contributed by atoms with Crippen LogP contribution in [-0.2, 0) is 0 Å². The lowest BCUT2D eigenvalue weighted by Gasteiger charge is -2.05. The third-order valence-corrected chi connectivity index (χ3v) is 4.65. The van der Waals surface area contributed by atoms with Crippen LogP contribution in [-0.4, -0.2) is 21.5 Å². The van der Waals surface area contributed by atoms with E-state index in [9.17, 15) is 0 Å². The molecule has 0 aliphatic heterocycles. The Morgan fingerprint density at radius 2 is 2.05 bits per heavy atom. The third-order valence-electron chi connectivity index (χ3n) is 2.64. The van der Waals surface area contributed by atoms with Gasteiger partial charge in [-0.25, -0.2) is 15.0 Å². The van der Waals surface area contributed by atoms with Crippen molar-refractivity contribution in [2.45, 2.75) is 23.2 Å². The van der Waals surface area contributed by atoms with E-state index >= 15 is 0 Å². The Morgan fingerprint density at radius 1 is 1.20 bits per heavy atom. The molecule has 0 saturated heterocycles. The van der Waals surface area contributed by atoms with Gasteiger partial charge in [0.25, 0.3) is 0 Å². The molecular weight excluding hydrogens is 288 g/mol. The molecule has 0 radical (unpaired) electrons.